The molecule has 0 spiro atoms. The Bertz CT molecular complexity index is 83.8. The van der Waals surface area contributed by atoms with Crippen LogP contribution in [0.4, 0.5) is 0 Å². The average Bonchev–Trinajstić information content (AvgIpc) is 1.88. The summed E-state index contributed by atoms with van der Waals surface area (Å²) in [5.41, 5.74) is 0. The van der Waals surface area contributed by atoms with Crippen LogP contribution in [-0.4, -0.2) is 39.4 Å². The van der Waals surface area contributed by atoms with Crippen molar-refractivity contribution in [3.05, 3.63) is 0 Å². The van der Waals surface area contributed by atoms with Gasteiger partial charge >= 0.3 is 0 Å². The minimum absolute atomic E-state index is 0.406. The van der Waals surface area contributed by atoms with Gasteiger partial charge in [-0.15, -0.1) is 0 Å². The summed E-state index contributed by atoms with van der Waals surface area (Å²) in [6, 6.07) is 0. The molecule has 0 radical (unpaired) electrons. The third-order valence-electron chi connectivity index (χ3n) is 1.51. The Morgan fingerprint density at radius 1 is 1.20 bits per heavy atom. The van der Waals surface area contributed by atoms with E-state index in [9.17, 15) is 0 Å². The molecule has 0 aliphatic carbocycles. The van der Waals surface area contributed by atoms with E-state index in [1.165, 1.54) is 0 Å². The first-order valence-corrected chi connectivity index (χ1v) is 3.28. The molecule has 0 aromatic rings. The molecule has 0 aromatic heterocycles. The number of aliphatic hydroxyl groups is 4. The standard InChI is InChI=1S/C6H14O4/c1-2-5(8)4(3-7)6(9)10/h4-10H,2-3H2,1H3. The quantitative estimate of drug-likeness (QED) is 0.374. The van der Waals surface area contributed by atoms with E-state index in [2.05, 4.69) is 0 Å². The lowest BCUT2D eigenvalue weighted by Gasteiger charge is -2.20. The van der Waals surface area contributed by atoms with E-state index in [-0.39, 0.29) is 0 Å². The zero-order chi connectivity index (χ0) is 8.15. The first kappa shape index (κ1) is 9.84. The summed E-state index contributed by atoms with van der Waals surface area (Å²) < 4.78 is 0. The second kappa shape index (κ2) is 4.62. The largest absolute Gasteiger partial charge is 0.396 e. The molecular weight excluding hydrogens is 136 g/mol. The van der Waals surface area contributed by atoms with E-state index in [1.54, 1.807) is 6.92 Å². The van der Waals surface area contributed by atoms with Crippen LogP contribution in [0.25, 0.3) is 0 Å². The van der Waals surface area contributed by atoms with Crippen LogP contribution in [0.3, 0.4) is 0 Å². The normalized spacial score (nSPS) is 17.4. The molecule has 4 nitrogen and oxygen atoms in total. The second-order valence-corrected chi connectivity index (χ2v) is 2.24. The third kappa shape index (κ3) is 2.62. The molecule has 0 aliphatic rings. The smallest absolute Gasteiger partial charge is 0.158 e. The van der Waals surface area contributed by atoms with Gasteiger partial charge in [0.05, 0.1) is 18.6 Å². The van der Waals surface area contributed by atoms with Crippen LogP contribution in [0.15, 0.2) is 0 Å². The first-order valence-electron chi connectivity index (χ1n) is 3.28. The van der Waals surface area contributed by atoms with Crippen molar-refractivity contribution in [3.63, 3.8) is 0 Å². The minimum Gasteiger partial charge on any atom is -0.396 e. The molecule has 0 amide bonds. The summed E-state index contributed by atoms with van der Waals surface area (Å²) in [5.74, 6) is -0.843. The molecule has 0 rings (SSSR count). The summed E-state index contributed by atoms with van der Waals surface area (Å²) in [5, 5.41) is 34.6. The highest BCUT2D eigenvalue weighted by Gasteiger charge is 2.22. The highest BCUT2D eigenvalue weighted by Crippen LogP contribution is 2.09. The Balaban J connectivity index is 3.80. The van der Waals surface area contributed by atoms with Gasteiger partial charge < -0.3 is 20.4 Å². The van der Waals surface area contributed by atoms with Crippen LogP contribution in [0.5, 0.6) is 0 Å². The van der Waals surface area contributed by atoms with Gasteiger partial charge in [-0.05, 0) is 6.42 Å². The first-order chi connectivity index (χ1) is 4.63. The van der Waals surface area contributed by atoms with Crippen molar-refractivity contribution >= 4 is 0 Å². The van der Waals surface area contributed by atoms with E-state index >= 15 is 0 Å². The molecule has 4 heteroatoms. The lowest BCUT2D eigenvalue weighted by molar-refractivity contribution is -0.131. The van der Waals surface area contributed by atoms with Crippen LogP contribution in [0.2, 0.25) is 0 Å². The summed E-state index contributed by atoms with van der Waals surface area (Å²) in [4.78, 5) is 0. The molecule has 2 atom stereocenters. The van der Waals surface area contributed by atoms with Gasteiger partial charge in [0, 0.05) is 0 Å². The lowest BCUT2D eigenvalue weighted by atomic mass is 10.0. The zero-order valence-electron chi connectivity index (χ0n) is 5.94. The van der Waals surface area contributed by atoms with E-state index in [0.29, 0.717) is 6.42 Å². The predicted octanol–water partition coefficient (Wildman–Crippen LogP) is -1.32. The van der Waals surface area contributed by atoms with Crippen LogP contribution < -0.4 is 0 Å². The van der Waals surface area contributed by atoms with E-state index < -0.39 is 24.9 Å². The molecule has 0 aromatic carbocycles. The van der Waals surface area contributed by atoms with Crippen molar-refractivity contribution in [2.75, 3.05) is 6.61 Å². The number of aliphatic hydroxyl groups excluding tert-OH is 3. The molecule has 0 saturated carbocycles. The SMILES string of the molecule is CCC(O)C(CO)C(O)O. The fourth-order valence-electron chi connectivity index (χ4n) is 0.717. The van der Waals surface area contributed by atoms with E-state index in [4.69, 9.17) is 20.4 Å². The molecule has 0 aliphatic heterocycles. The molecule has 4 N–H and O–H groups in total. The van der Waals surface area contributed by atoms with Gasteiger partial charge in [0.1, 0.15) is 0 Å². The highest BCUT2D eigenvalue weighted by molar-refractivity contribution is 4.67. The molecule has 10 heavy (non-hydrogen) atoms. The summed E-state index contributed by atoms with van der Waals surface area (Å²) >= 11 is 0. The summed E-state index contributed by atoms with van der Waals surface area (Å²) in [6.07, 6.45) is -2.08. The topological polar surface area (TPSA) is 80.9 Å². The molecule has 2 unspecified atom stereocenters. The van der Waals surface area contributed by atoms with Gasteiger partial charge in [-0.25, -0.2) is 0 Å². The Hall–Kier alpha value is -0.160. The molecule has 0 saturated heterocycles. The fourth-order valence-corrected chi connectivity index (χ4v) is 0.717. The van der Waals surface area contributed by atoms with Gasteiger partial charge in [-0.2, -0.15) is 0 Å². The van der Waals surface area contributed by atoms with Crippen molar-refractivity contribution in [2.45, 2.75) is 25.7 Å². The molecule has 0 bridgehead atoms. The Morgan fingerprint density at radius 2 is 1.70 bits per heavy atom. The van der Waals surface area contributed by atoms with Crippen molar-refractivity contribution in [1.82, 2.24) is 0 Å². The third-order valence-corrected chi connectivity index (χ3v) is 1.51. The molecule has 0 fully saturated rings. The highest BCUT2D eigenvalue weighted by atomic mass is 16.5. The monoisotopic (exact) mass is 150 g/mol. The van der Waals surface area contributed by atoms with Crippen LogP contribution >= 0.6 is 0 Å². The molecular formula is C6H14O4. The maximum Gasteiger partial charge on any atom is 0.158 e. The maximum absolute atomic E-state index is 9.01. The fraction of sp³-hybridized carbons (Fsp3) is 1.00. The minimum atomic E-state index is -1.64. The van der Waals surface area contributed by atoms with Gasteiger partial charge in [-0.3, -0.25) is 0 Å². The van der Waals surface area contributed by atoms with E-state index in [1.807, 2.05) is 0 Å². The average molecular weight is 150 g/mol. The summed E-state index contributed by atoms with van der Waals surface area (Å²) in [6.45, 7) is 1.29. The van der Waals surface area contributed by atoms with Crippen molar-refractivity contribution in [3.8, 4) is 0 Å². The lowest BCUT2D eigenvalue weighted by Crippen LogP contribution is -2.33. The van der Waals surface area contributed by atoms with Gasteiger partial charge in [0.25, 0.3) is 0 Å². The van der Waals surface area contributed by atoms with Gasteiger partial charge in [0.15, 0.2) is 6.29 Å². The van der Waals surface area contributed by atoms with Crippen molar-refractivity contribution in [1.29, 1.82) is 0 Å². The molecule has 62 valence electrons. The summed E-state index contributed by atoms with van der Waals surface area (Å²) in [7, 11) is 0. The van der Waals surface area contributed by atoms with Crippen molar-refractivity contribution in [2.24, 2.45) is 5.92 Å². The Kier molecular flexibility index (Phi) is 4.55. The maximum atomic E-state index is 9.01. The zero-order valence-corrected chi connectivity index (χ0v) is 5.94. The van der Waals surface area contributed by atoms with E-state index in [0.717, 1.165) is 0 Å². The Morgan fingerprint density at radius 3 is 1.80 bits per heavy atom. The van der Waals surface area contributed by atoms with Gasteiger partial charge in [0.2, 0.25) is 0 Å². The predicted molar refractivity (Wildman–Crippen MR) is 35.1 cm³/mol. The number of hydrogen-bond acceptors (Lipinski definition) is 4. The number of rotatable bonds is 4. The van der Waals surface area contributed by atoms with Gasteiger partial charge in [-0.1, -0.05) is 6.92 Å². The Labute approximate surface area is 59.7 Å². The van der Waals surface area contributed by atoms with Crippen LogP contribution in [0, 0.1) is 5.92 Å². The van der Waals surface area contributed by atoms with Crippen molar-refractivity contribution < 1.29 is 20.4 Å². The number of hydrogen-bond donors (Lipinski definition) is 4. The van der Waals surface area contributed by atoms with Crippen LogP contribution in [-0.2, 0) is 0 Å². The molecule has 0 heterocycles. The second-order valence-electron chi connectivity index (χ2n) is 2.24. The van der Waals surface area contributed by atoms with Crippen LogP contribution in [0.1, 0.15) is 13.3 Å².